The molecule has 1 aliphatic carbocycles. The SMILES string of the molecule is C[C@@H]1CN([C@H](C)CO)C(=O)c2cc(NC(=O)C3CCCCC3)ccc2O[C@@H](C)CCCCO[C@@H]1CN(C)Cc1ccc(C(F)(F)F)cc1. The molecule has 2 amide bonds. The number of amides is 2. The number of nitrogens with one attached hydrogen (secondary N) is 1. The first-order valence-electron chi connectivity index (χ1n) is 17.3. The Hall–Kier alpha value is -3.15. The molecule has 1 heterocycles. The summed E-state index contributed by atoms with van der Waals surface area (Å²) in [5.41, 5.74) is 0.928. The Morgan fingerprint density at radius 1 is 1.04 bits per heavy atom. The maximum absolute atomic E-state index is 14.4. The third kappa shape index (κ3) is 10.7. The van der Waals surface area contributed by atoms with Crippen molar-refractivity contribution >= 4 is 17.5 Å². The highest BCUT2D eigenvalue weighted by molar-refractivity contribution is 6.00. The highest BCUT2D eigenvalue weighted by atomic mass is 19.4. The van der Waals surface area contributed by atoms with Gasteiger partial charge in [-0.25, -0.2) is 0 Å². The molecule has 48 heavy (non-hydrogen) atoms. The number of carbonyl (C=O) groups is 2. The fourth-order valence-corrected chi connectivity index (χ4v) is 6.55. The van der Waals surface area contributed by atoms with Crippen LogP contribution in [0.1, 0.15) is 93.6 Å². The van der Waals surface area contributed by atoms with Crippen molar-refractivity contribution in [3.8, 4) is 5.75 Å². The number of ether oxygens (including phenoxy) is 2. The number of carbonyl (C=O) groups excluding carboxylic acids is 2. The van der Waals surface area contributed by atoms with Crippen molar-refractivity contribution in [3.05, 3.63) is 59.2 Å². The van der Waals surface area contributed by atoms with Crippen molar-refractivity contribution in [3.63, 3.8) is 0 Å². The maximum Gasteiger partial charge on any atom is 0.416 e. The quantitative estimate of drug-likeness (QED) is 0.309. The Bertz CT molecular complexity index is 1330. The largest absolute Gasteiger partial charge is 0.490 e. The molecule has 2 aliphatic rings. The molecule has 2 aromatic rings. The molecule has 11 heteroatoms. The van der Waals surface area contributed by atoms with Gasteiger partial charge in [0.1, 0.15) is 5.75 Å². The molecule has 8 nitrogen and oxygen atoms in total. The lowest BCUT2D eigenvalue weighted by Crippen LogP contribution is -2.47. The fraction of sp³-hybridized carbons (Fsp3) is 0.622. The lowest BCUT2D eigenvalue weighted by atomic mass is 9.88. The topological polar surface area (TPSA) is 91.3 Å². The molecule has 4 rings (SSSR count). The van der Waals surface area contributed by atoms with Gasteiger partial charge in [-0.1, -0.05) is 38.3 Å². The molecule has 266 valence electrons. The Kier molecular flexibility index (Phi) is 13.7. The predicted octanol–water partition coefficient (Wildman–Crippen LogP) is 7.15. The summed E-state index contributed by atoms with van der Waals surface area (Å²) in [5.74, 6) is -0.105. The summed E-state index contributed by atoms with van der Waals surface area (Å²) in [6, 6.07) is 9.88. The van der Waals surface area contributed by atoms with Crippen LogP contribution in [0, 0.1) is 11.8 Å². The standard InChI is InChI=1S/C37H52F3N3O5/c1-25-21-43(26(2)24-44)36(46)32-20-31(41-35(45)29-11-6-5-7-12-29)17-18-33(32)48-27(3)10-8-9-19-47-34(25)23-42(4)22-28-13-15-30(16-14-28)37(38,39)40/h13-18,20,25-27,29,34,44H,5-12,19,21-24H2,1-4H3,(H,41,45)/t25-,26-,27+,34-/m1/s1. The molecule has 0 spiro atoms. The number of fused-ring (bicyclic) bond motifs is 1. The van der Waals surface area contributed by atoms with Gasteiger partial charge in [0.05, 0.1) is 36.0 Å². The highest BCUT2D eigenvalue weighted by Crippen LogP contribution is 2.31. The normalized spacial score (nSPS) is 22.8. The number of aliphatic hydroxyl groups excluding tert-OH is 1. The molecule has 2 N–H and O–H groups in total. The molecule has 2 aromatic carbocycles. The molecule has 1 aliphatic heterocycles. The number of benzene rings is 2. The number of alkyl halides is 3. The van der Waals surface area contributed by atoms with E-state index in [1.165, 1.54) is 12.1 Å². The van der Waals surface area contributed by atoms with Gasteiger partial charge >= 0.3 is 6.18 Å². The monoisotopic (exact) mass is 675 g/mol. The molecule has 1 saturated carbocycles. The minimum absolute atomic E-state index is 0.0353. The first-order chi connectivity index (χ1) is 22.8. The van der Waals surface area contributed by atoms with Gasteiger partial charge in [0.2, 0.25) is 5.91 Å². The second-order valence-corrected chi connectivity index (χ2v) is 13.7. The maximum atomic E-state index is 14.4. The van der Waals surface area contributed by atoms with Gasteiger partial charge in [0.15, 0.2) is 0 Å². The smallest absolute Gasteiger partial charge is 0.416 e. The van der Waals surface area contributed by atoms with E-state index in [2.05, 4.69) is 5.32 Å². The number of halogens is 3. The van der Waals surface area contributed by atoms with Crippen LogP contribution in [-0.4, -0.2) is 78.3 Å². The van der Waals surface area contributed by atoms with Gasteiger partial charge in [-0.2, -0.15) is 13.2 Å². The van der Waals surface area contributed by atoms with E-state index < -0.39 is 17.8 Å². The van der Waals surface area contributed by atoms with Gasteiger partial charge in [-0.05, 0) is 88.9 Å². The van der Waals surface area contributed by atoms with Gasteiger partial charge in [-0.15, -0.1) is 0 Å². The van der Waals surface area contributed by atoms with Gasteiger partial charge in [0.25, 0.3) is 5.91 Å². The molecule has 0 saturated heterocycles. The van der Waals surface area contributed by atoms with Crippen molar-refractivity contribution in [1.29, 1.82) is 0 Å². The summed E-state index contributed by atoms with van der Waals surface area (Å²) in [5, 5.41) is 13.3. The number of nitrogens with zero attached hydrogens (tertiary/aromatic N) is 2. The van der Waals surface area contributed by atoms with Crippen LogP contribution in [0.25, 0.3) is 0 Å². The van der Waals surface area contributed by atoms with Crippen LogP contribution in [0.5, 0.6) is 5.75 Å². The van der Waals surface area contributed by atoms with Gasteiger partial charge < -0.3 is 24.8 Å². The van der Waals surface area contributed by atoms with Crippen LogP contribution >= 0.6 is 0 Å². The Morgan fingerprint density at radius 3 is 2.40 bits per heavy atom. The zero-order valence-corrected chi connectivity index (χ0v) is 28.7. The number of likely N-dealkylation sites (N-methyl/N-ethyl adjacent to an activating group) is 1. The van der Waals surface area contributed by atoms with Gasteiger partial charge in [0, 0.05) is 43.8 Å². The molecule has 4 atom stereocenters. The van der Waals surface area contributed by atoms with E-state index in [0.29, 0.717) is 36.7 Å². The van der Waals surface area contributed by atoms with Crippen molar-refractivity contribution < 1.29 is 37.3 Å². The van der Waals surface area contributed by atoms with E-state index in [0.717, 1.165) is 69.1 Å². The van der Waals surface area contributed by atoms with Crippen molar-refractivity contribution in [2.75, 3.05) is 38.7 Å². The molecule has 0 aromatic heterocycles. The highest BCUT2D eigenvalue weighted by Gasteiger charge is 2.32. The van der Waals surface area contributed by atoms with E-state index in [-0.39, 0.29) is 49.0 Å². The van der Waals surface area contributed by atoms with Crippen LogP contribution in [0.2, 0.25) is 0 Å². The molecule has 0 radical (unpaired) electrons. The Morgan fingerprint density at radius 2 is 1.73 bits per heavy atom. The lowest BCUT2D eigenvalue weighted by molar-refractivity contribution is -0.137. The molecular formula is C37H52F3N3O5. The third-order valence-corrected chi connectivity index (χ3v) is 9.52. The number of hydrogen-bond donors (Lipinski definition) is 2. The average Bonchev–Trinajstić information content (AvgIpc) is 3.06. The first-order valence-corrected chi connectivity index (χ1v) is 17.3. The van der Waals surface area contributed by atoms with Crippen LogP contribution in [0.3, 0.4) is 0 Å². The van der Waals surface area contributed by atoms with E-state index in [1.807, 2.05) is 25.8 Å². The fourth-order valence-electron chi connectivity index (χ4n) is 6.55. The summed E-state index contributed by atoms with van der Waals surface area (Å²) < 4.78 is 51.9. The van der Waals surface area contributed by atoms with E-state index in [9.17, 15) is 27.9 Å². The number of hydrogen-bond acceptors (Lipinski definition) is 6. The second-order valence-electron chi connectivity index (χ2n) is 13.7. The molecule has 1 fully saturated rings. The average molecular weight is 676 g/mol. The summed E-state index contributed by atoms with van der Waals surface area (Å²) in [4.78, 5) is 31.1. The number of aliphatic hydroxyl groups is 1. The first kappa shape index (κ1) is 37.7. The summed E-state index contributed by atoms with van der Waals surface area (Å²) >= 11 is 0. The Balaban J connectivity index is 1.56. The second kappa shape index (κ2) is 17.5. The van der Waals surface area contributed by atoms with E-state index >= 15 is 0 Å². The van der Waals surface area contributed by atoms with Crippen LogP contribution in [0.15, 0.2) is 42.5 Å². The minimum atomic E-state index is -4.39. The third-order valence-electron chi connectivity index (χ3n) is 9.52. The van der Waals surface area contributed by atoms with E-state index in [1.54, 1.807) is 30.0 Å². The van der Waals surface area contributed by atoms with E-state index in [4.69, 9.17) is 9.47 Å². The predicted molar refractivity (Wildman–Crippen MR) is 180 cm³/mol. The Labute approximate surface area is 283 Å². The lowest BCUT2D eigenvalue weighted by Gasteiger charge is -2.36. The summed E-state index contributed by atoms with van der Waals surface area (Å²) in [6.07, 6.45) is 2.51. The van der Waals surface area contributed by atoms with Crippen molar-refractivity contribution in [2.45, 2.75) is 103 Å². The van der Waals surface area contributed by atoms with Crippen LogP contribution in [0.4, 0.5) is 18.9 Å². The minimum Gasteiger partial charge on any atom is -0.490 e. The number of rotatable bonds is 8. The zero-order valence-electron chi connectivity index (χ0n) is 28.7. The zero-order chi connectivity index (χ0) is 34.8. The molecule has 0 unspecified atom stereocenters. The van der Waals surface area contributed by atoms with Crippen molar-refractivity contribution in [1.82, 2.24) is 9.80 Å². The van der Waals surface area contributed by atoms with Crippen LogP contribution < -0.4 is 10.1 Å². The van der Waals surface area contributed by atoms with Crippen LogP contribution in [-0.2, 0) is 22.3 Å². The summed E-state index contributed by atoms with van der Waals surface area (Å²) in [6.45, 7) is 7.24. The molecule has 0 bridgehead atoms. The van der Waals surface area contributed by atoms with Gasteiger partial charge in [-0.3, -0.25) is 14.5 Å². The van der Waals surface area contributed by atoms with Crippen molar-refractivity contribution in [2.24, 2.45) is 11.8 Å². The number of anilines is 1. The molecular weight excluding hydrogens is 623 g/mol. The summed E-state index contributed by atoms with van der Waals surface area (Å²) in [7, 11) is 1.90.